The van der Waals surface area contributed by atoms with E-state index in [1.807, 2.05) is 18.2 Å². The fourth-order valence-corrected chi connectivity index (χ4v) is 3.44. The molecule has 2 unspecified atom stereocenters. The molecule has 0 aliphatic carbocycles. The van der Waals surface area contributed by atoms with Crippen LogP contribution in [0.3, 0.4) is 0 Å². The highest BCUT2D eigenvalue weighted by Crippen LogP contribution is 2.42. The van der Waals surface area contributed by atoms with E-state index in [0.29, 0.717) is 0 Å². The largest absolute Gasteiger partial charge is 0.497 e. The average molecular weight is 348 g/mol. The average Bonchev–Trinajstić information content (AvgIpc) is 2.47. The molecule has 0 saturated carbocycles. The third-order valence-electron chi connectivity index (χ3n) is 3.86. The van der Waals surface area contributed by atoms with Crippen LogP contribution in [0.1, 0.15) is 35.3 Å². The molecule has 0 aromatic heterocycles. The summed E-state index contributed by atoms with van der Waals surface area (Å²) < 4.78 is 12.5. The standard InChI is InChI=1S/C17H18BrNO2/c1-10-3-5-12(14(18)7-10)17-9-15(19)13-8-11(20-2)4-6-16(13)21-17/h3-8,15,17H,9,19H2,1-2H3. The molecule has 1 aliphatic heterocycles. The molecule has 2 N–H and O–H groups in total. The molecule has 21 heavy (non-hydrogen) atoms. The summed E-state index contributed by atoms with van der Waals surface area (Å²) in [5.74, 6) is 1.65. The van der Waals surface area contributed by atoms with E-state index in [1.165, 1.54) is 5.56 Å². The SMILES string of the molecule is COc1ccc2c(c1)C(N)CC(c1ccc(C)cc1Br)O2. The minimum Gasteiger partial charge on any atom is -0.497 e. The maximum absolute atomic E-state index is 6.33. The van der Waals surface area contributed by atoms with Gasteiger partial charge < -0.3 is 15.2 Å². The molecule has 0 radical (unpaired) electrons. The predicted octanol–water partition coefficient (Wildman–Crippen LogP) is 4.29. The van der Waals surface area contributed by atoms with Crippen molar-refractivity contribution in [3.8, 4) is 11.5 Å². The van der Waals surface area contributed by atoms with Gasteiger partial charge in [0.2, 0.25) is 0 Å². The van der Waals surface area contributed by atoms with Gasteiger partial charge in [0, 0.05) is 28.1 Å². The van der Waals surface area contributed by atoms with Crippen LogP contribution in [-0.2, 0) is 0 Å². The summed E-state index contributed by atoms with van der Waals surface area (Å²) in [5, 5.41) is 0. The van der Waals surface area contributed by atoms with Gasteiger partial charge in [-0.3, -0.25) is 0 Å². The lowest BCUT2D eigenvalue weighted by atomic mass is 9.93. The molecule has 3 rings (SSSR count). The van der Waals surface area contributed by atoms with Crippen molar-refractivity contribution in [2.24, 2.45) is 5.73 Å². The van der Waals surface area contributed by atoms with E-state index in [2.05, 4.69) is 41.1 Å². The van der Waals surface area contributed by atoms with E-state index in [4.69, 9.17) is 15.2 Å². The van der Waals surface area contributed by atoms with Gasteiger partial charge in [-0.15, -0.1) is 0 Å². The molecule has 2 aromatic rings. The van der Waals surface area contributed by atoms with Crippen LogP contribution in [0.5, 0.6) is 11.5 Å². The summed E-state index contributed by atoms with van der Waals surface area (Å²) in [4.78, 5) is 0. The highest BCUT2D eigenvalue weighted by atomic mass is 79.9. The van der Waals surface area contributed by atoms with Crippen LogP contribution in [0.15, 0.2) is 40.9 Å². The smallest absolute Gasteiger partial charge is 0.127 e. The molecule has 1 aliphatic rings. The Morgan fingerprint density at radius 3 is 2.71 bits per heavy atom. The number of nitrogens with two attached hydrogens (primary N) is 1. The lowest BCUT2D eigenvalue weighted by Crippen LogP contribution is -2.24. The summed E-state index contributed by atoms with van der Waals surface area (Å²) in [6.45, 7) is 2.07. The van der Waals surface area contributed by atoms with Gasteiger partial charge in [0.15, 0.2) is 0 Å². The molecule has 1 heterocycles. The number of aryl methyl sites for hydroxylation is 1. The molecular formula is C17H18BrNO2. The van der Waals surface area contributed by atoms with E-state index >= 15 is 0 Å². The zero-order valence-corrected chi connectivity index (χ0v) is 13.7. The van der Waals surface area contributed by atoms with Crippen molar-refractivity contribution >= 4 is 15.9 Å². The summed E-state index contributed by atoms with van der Waals surface area (Å²) >= 11 is 3.62. The highest BCUT2D eigenvalue weighted by molar-refractivity contribution is 9.10. The second-order valence-corrected chi connectivity index (χ2v) is 6.23. The summed E-state index contributed by atoms with van der Waals surface area (Å²) in [5.41, 5.74) is 9.69. The number of halogens is 1. The molecule has 0 spiro atoms. The minimum absolute atomic E-state index is 0.0316. The Balaban J connectivity index is 1.94. The molecular weight excluding hydrogens is 330 g/mol. The fraction of sp³-hybridized carbons (Fsp3) is 0.294. The van der Waals surface area contributed by atoms with Gasteiger partial charge in [-0.2, -0.15) is 0 Å². The van der Waals surface area contributed by atoms with Crippen LogP contribution >= 0.6 is 15.9 Å². The number of rotatable bonds is 2. The minimum atomic E-state index is -0.0537. The molecule has 3 nitrogen and oxygen atoms in total. The van der Waals surface area contributed by atoms with E-state index in [1.54, 1.807) is 7.11 Å². The van der Waals surface area contributed by atoms with Gasteiger partial charge in [-0.25, -0.2) is 0 Å². The Kier molecular flexibility index (Phi) is 3.91. The monoisotopic (exact) mass is 347 g/mol. The Bertz CT molecular complexity index is 672. The first-order valence-electron chi connectivity index (χ1n) is 6.94. The lowest BCUT2D eigenvalue weighted by molar-refractivity contribution is 0.160. The molecule has 110 valence electrons. The van der Waals surface area contributed by atoms with E-state index < -0.39 is 0 Å². The molecule has 0 fully saturated rings. The third-order valence-corrected chi connectivity index (χ3v) is 4.54. The Morgan fingerprint density at radius 1 is 1.19 bits per heavy atom. The van der Waals surface area contributed by atoms with Crippen LogP contribution < -0.4 is 15.2 Å². The number of benzene rings is 2. The van der Waals surface area contributed by atoms with Gasteiger partial charge in [-0.1, -0.05) is 28.1 Å². The molecule has 0 bridgehead atoms. The second kappa shape index (κ2) is 5.70. The zero-order valence-electron chi connectivity index (χ0n) is 12.1. The van der Waals surface area contributed by atoms with E-state index in [0.717, 1.165) is 33.5 Å². The van der Waals surface area contributed by atoms with Gasteiger partial charge in [0.1, 0.15) is 17.6 Å². The quantitative estimate of drug-likeness (QED) is 0.881. The molecule has 0 amide bonds. The molecule has 4 heteroatoms. The first-order valence-corrected chi connectivity index (χ1v) is 7.74. The zero-order chi connectivity index (χ0) is 15.0. The van der Waals surface area contributed by atoms with Gasteiger partial charge in [0.05, 0.1) is 7.11 Å². The topological polar surface area (TPSA) is 44.5 Å². The van der Waals surface area contributed by atoms with Gasteiger partial charge >= 0.3 is 0 Å². The number of fused-ring (bicyclic) bond motifs is 1. The van der Waals surface area contributed by atoms with Crippen molar-refractivity contribution in [1.29, 1.82) is 0 Å². The lowest BCUT2D eigenvalue weighted by Gasteiger charge is -2.31. The predicted molar refractivity (Wildman–Crippen MR) is 86.8 cm³/mol. The molecule has 0 saturated heterocycles. The third kappa shape index (κ3) is 2.78. The van der Waals surface area contributed by atoms with Crippen molar-refractivity contribution in [2.75, 3.05) is 7.11 Å². The Morgan fingerprint density at radius 2 is 2.00 bits per heavy atom. The summed E-state index contributed by atoms with van der Waals surface area (Å²) in [7, 11) is 1.66. The number of methoxy groups -OCH3 is 1. The first-order chi connectivity index (χ1) is 10.1. The van der Waals surface area contributed by atoms with Crippen LogP contribution in [0.25, 0.3) is 0 Å². The van der Waals surface area contributed by atoms with Crippen LogP contribution in [0, 0.1) is 6.92 Å². The Labute approximate surface area is 133 Å². The van der Waals surface area contributed by atoms with Crippen molar-refractivity contribution in [2.45, 2.75) is 25.5 Å². The van der Waals surface area contributed by atoms with Crippen molar-refractivity contribution in [1.82, 2.24) is 0 Å². The fourth-order valence-electron chi connectivity index (χ4n) is 2.69. The number of ether oxygens (including phenoxy) is 2. The second-order valence-electron chi connectivity index (χ2n) is 5.38. The molecule has 2 atom stereocenters. The van der Waals surface area contributed by atoms with Gasteiger partial charge in [0.25, 0.3) is 0 Å². The highest BCUT2D eigenvalue weighted by Gasteiger charge is 2.28. The normalized spacial score (nSPS) is 20.6. The summed E-state index contributed by atoms with van der Waals surface area (Å²) in [6, 6.07) is 12.0. The van der Waals surface area contributed by atoms with Crippen LogP contribution in [-0.4, -0.2) is 7.11 Å². The number of hydrogen-bond donors (Lipinski definition) is 1. The number of hydrogen-bond acceptors (Lipinski definition) is 3. The van der Waals surface area contributed by atoms with E-state index in [9.17, 15) is 0 Å². The Hall–Kier alpha value is -1.52. The summed E-state index contributed by atoms with van der Waals surface area (Å²) in [6.07, 6.45) is 0.720. The molecule has 2 aromatic carbocycles. The van der Waals surface area contributed by atoms with Crippen molar-refractivity contribution < 1.29 is 9.47 Å². The first kappa shape index (κ1) is 14.4. The maximum atomic E-state index is 6.33. The van der Waals surface area contributed by atoms with Gasteiger partial charge in [-0.05, 0) is 36.8 Å². The van der Waals surface area contributed by atoms with Crippen LogP contribution in [0.2, 0.25) is 0 Å². The maximum Gasteiger partial charge on any atom is 0.127 e. The van der Waals surface area contributed by atoms with Crippen molar-refractivity contribution in [3.63, 3.8) is 0 Å². The van der Waals surface area contributed by atoms with Crippen molar-refractivity contribution in [3.05, 3.63) is 57.6 Å². The van der Waals surface area contributed by atoms with E-state index in [-0.39, 0.29) is 12.1 Å². The van der Waals surface area contributed by atoms with Crippen LogP contribution in [0.4, 0.5) is 0 Å².